The highest BCUT2D eigenvalue weighted by Crippen LogP contribution is 2.13. The number of nitrogens with one attached hydrogen (secondary N) is 1. The molecule has 4 rings (SSSR count). The van der Waals surface area contributed by atoms with E-state index in [-0.39, 0.29) is 0 Å². The average Bonchev–Trinajstić information content (AvgIpc) is 2.61. The normalized spacial score (nSPS) is 11.1. The maximum absolute atomic E-state index is 4.67. The van der Waals surface area contributed by atoms with Gasteiger partial charge in [0.25, 0.3) is 0 Å². The van der Waals surface area contributed by atoms with E-state index >= 15 is 0 Å². The topological polar surface area (TPSA) is 37.8 Å². The predicted molar refractivity (Wildman–Crippen MR) is 94.0 cm³/mol. The van der Waals surface area contributed by atoms with Gasteiger partial charge in [0.15, 0.2) is 0 Å². The van der Waals surface area contributed by atoms with Crippen LogP contribution < -0.4 is 5.32 Å². The molecule has 0 bridgehead atoms. The molecule has 2 heterocycles. The number of rotatable bonds is 4. The van der Waals surface area contributed by atoms with Crippen LogP contribution in [-0.2, 0) is 13.1 Å². The first kappa shape index (κ1) is 13.9. The molecular weight excluding hydrogens is 282 g/mol. The van der Waals surface area contributed by atoms with E-state index in [1.54, 1.807) is 0 Å². The maximum Gasteiger partial charge on any atom is 0.0705 e. The molecule has 3 nitrogen and oxygen atoms in total. The summed E-state index contributed by atoms with van der Waals surface area (Å²) in [5, 5.41) is 5.77. The van der Waals surface area contributed by atoms with Crippen LogP contribution >= 0.6 is 0 Å². The summed E-state index contributed by atoms with van der Waals surface area (Å²) >= 11 is 0. The van der Waals surface area contributed by atoms with E-state index < -0.39 is 0 Å². The van der Waals surface area contributed by atoms with Crippen molar-refractivity contribution in [2.45, 2.75) is 13.1 Å². The number of benzene rings is 2. The summed E-state index contributed by atoms with van der Waals surface area (Å²) in [5.74, 6) is 0. The Balaban J connectivity index is 1.45. The first-order valence-corrected chi connectivity index (χ1v) is 7.78. The fourth-order valence-electron chi connectivity index (χ4n) is 2.73. The van der Waals surface area contributed by atoms with Gasteiger partial charge in [0.05, 0.1) is 22.4 Å². The Hall–Kier alpha value is -2.78. The van der Waals surface area contributed by atoms with Gasteiger partial charge >= 0.3 is 0 Å². The maximum atomic E-state index is 4.67. The van der Waals surface area contributed by atoms with Crippen LogP contribution in [-0.4, -0.2) is 9.97 Å². The van der Waals surface area contributed by atoms with Crippen LogP contribution in [0.15, 0.2) is 72.8 Å². The van der Waals surface area contributed by atoms with E-state index in [0.717, 1.165) is 35.5 Å². The highest BCUT2D eigenvalue weighted by Gasteiger charge is 2.00. The van der Waals surface area contributed by atoms with Gasteiger partial charge in [-0.2, -0.15) is 0 Å². The van der Waals surface area contributed by atoms with E-state index in [1.165, 1.54) is 10.8 Å². The Morgan fingerprint density at radius 2 is 1.04 bits per heavy atom. The standard InChI is InChI=1S/C20H17N3/c1-3-7-19-15(5-1)9-11-17(22-19)13-21-14-18-12-10-16-6-2-4-8-20(16)23-18/h1-12,21H,13-14H2. The van der Waals surface area contributed by atoms with E-state index in [2.05, 4.69) is 51.7 Å². The molecular formula is C20H17N3. The Bertz CT molecular complexity index is 883. The van der Waals surface area contributed by atoms with Crippen LogP contribution in [0.1, 0.15) is 11.4 Å². The molecule has 0 aliphatic carbocycles. The van der Waals surface area contributed by atoms with Crippen molar-refractivity contribution >= 4 is 21.8 Å². The van der Waals surface area contributed by atoms with E-state index in [0.29, 0.717) is 0 Å². The first-order chi connectivity index (χ1) is 11.4. The summed E-state index contributed by atoms with van der Waals surface area (Å²) in [6.45, 7) is 1.47. The molecule has 4 aromatic rings. The molecule has 0 aliphatic heterocycles. The molecule has 112 valence electrons. The van der Waals surface area contributed by atoms with Gasteiger partial charge in [-0.25, -0.2) is 0 Å². The van der Waals surface area contributed by atoms with Crippen molar-refractivity contribution < 1.29 is 0 Å². The molecule has 0 radical (unpaired) electrons. The van der Waals surface area contributed by atoms with Crippen LogP contribution in [0.4, 0.5) is 0 Å². The monoisotopic (exact) mass is 299 g/mol. The highest BCUT2D eigenvalue weighted by atomic mass is 14.9. The van der Waals surface area contributed by atoms with E-state index in [4.69, 9.17) is 0 Å². The van der Waals surface area contributed by atoms with Crippen molar-refractivity contribution in [2.24, 2.45) is 0 Å². The fourth-order valence-corrected chi connectivity index (χ4v) is 2.73. The lowest BCUT2D eigenvalue weighted by Crippen LogP contribution is -2.14. The molecule has 0 atom stereocenters. The molecule has 0 saturated carbocycles. The first-order valence-electron chi connectivity index (χ1n) is 7.78. The summed E-state index contributed by atoms with van der Waals surface area (Å²) in [6, 6.07) is 24.7. The third kappa shape index (κ3) is 3.05. The fraction of sp³-hybridized carbons (Fsp3) is 0.100. The lowest BCUT2D eigenvalue weighted by Gasteiger charge is -2.06. The Kier molecular flexibility index (Phi) is 3.70. The molecule has 0 aliphatic rings. The molecule has 0 unspecified atom stereocenters. The second-order valence-electron chi connectivity index (χ2n) is 5.59. The second kappa shape index (κ2) is 6.15. The van der Waals surface area contributed by atoms with Gasteiger partial charge < -0.3 is 5.32 Å². The van der Waals surface area contributed by atoms with Gasteiger partial charge in [-0.1, -0.05) is 48.5 Å². The molecule has 0 saturated heterocycles. The number of hydrogen-bond acceptors (Lipinski definition) is 3. The zero-order valence-electron chi connectivity index (χ0n) is 12.7. The van der Waals surface area contributed by atoms with Gasteiger partial charge in [-0.3, -0.25) is 9.97 Å². The minimum atomic E-state index is 0.735. The zero-order chi connectivity index (χ0) is 15.5. The second-order valence-corrected chi connectivity index (χ2v) is 5.59. The highest BCUT2D eigenvalue weighted by molar-refractivity contribution is 5.79. The van der Waals surface area contributed by atoms with Crippen LogP contribution in [0, 0.1) is 0 Å². The summed E-state index contributed by atoms with van der Waals surface area (Å²) in [5.41, 5.74) is 4.17. The van der Waals surface area contributed by atoms with Gasteiger partial charge in [0.1, 0.15) is 0 Å². The Morgan fingerprint density at radius 1 is 0.565 bits per heavy atom. The van der Waals surface area contributed by atoms with Gasteiger partial charge in [-0.15, -0.1) is 0 Å². The molecule has 2 aromatic heterocycles. The lowest BCUT2D eigenvalue weighted by molar-refractivity contribution is 0.671. The number of nitrogens with zero attached hydrogens (tertiary/aromatic N) is 2. The van der Waals surface area contributed by atoms with Crippen LogP contribution in [0.2, 0.25) is 0 Å². The predicted octanol–water partition coefficient (Wildman–Crippen LogP) is 4.07. The van der Waals surface area contributed by atoms with Crippen molar-refractivity contribution in [3.05, 3.63) is 84.2 Å². The molecule has 2 aromatic carbocycles. The van der Waals surface area contributed by atoms with Crippen molar-refractivity contribution in [1.29, 1.82) is 0 Å². The largest absolute Gasteiger partial charge is 0.306 e. The molecule has 23 heavy (non-hydrogen) atoms. The number of para-hydroxylation sites is 2. The van der Waals surface area contributed by atoms with Gasteiger partial charge in [0.2, 0.25) is 0 Å². The Morgan fingerprint density at radius 3 is 1.57 bits per heavy atom. The van der Waals surface area contributed by atoms with E-state index in [1.807, 2.05) is 36.4 Å². The molecule has 1 N–H and O–H groups in total. The number of hydrogen-bond donors (Lipinski definition) is 1. The minimum Gasteiger partial charge on any atom is -0.306 e. The van der Waals surface area contributed by atoms with Crippen molar-refractivity contribution in [1.82, 2.24) is 15.3 Å². The zero-order valence-corrected chi connectivity index (χ0v) is 12.7. The molecule has 3 heteroatoms. The van der Waals surface area contributed by atoms with E-state index in [9.17, 15) is 0 Å². The lowest BCUT2D eigenvalue weighted by atomic mass is 10.2. The van der Waals surface area contributed by atoms with Crippen LogP contribution in [0.5, 0.6) is 0 Å². The summed E-state index contributed by atoms with van der Waals surface area (Å²) in [7, 11) is 0. The number of fused-ring (bicyclic) bond motifs is 2. The molecule has 0 spiro atoms. The third-order valence-corrected chi connectivity index (χ3v) is 3.92. The molecule has 0 fully saturated rings. The Labute approximate surface area is 135 Å². The molecule has 0 amide bonds. The van der Waals surface area contributed by atoms with Crippen molar-refractivity contribution in [2.75, 3.05) is 0 Å². The summed E-state index contributed by atoms with van der Waals surface area (Å²) < 4.78 is 0. The minimum absolute atomic E-state index is 0.735. The van der Waals surface area contributed by atoms with Crippen LogP contribution in [0.3, 0.4) is 0 Å². The van der Waals surface area contributed by atoms with Gasteiger partial charge in [-0.05, 0) is 24.3 Å². The summed E-state index contributed by atoms with van der Waals surface area (Å²) in [4.78, 5) is 9.35. The third-order valence-electron chi connectivity index (χ3n) is 3.92. The van der Waals surface area contributed by atoms with Crippen molar-refractivity contribution in [3.63, 3.8) is 0 Å². The quantitative estimate of drug-likeness (QED) is 0.617. The van der Waals surface area contributed by atoms with Crippen molar-refractivity contribution in [3.8, 4) is 0 Å². The summed E-state index contributed by atoms with van der Waals surface area (Å²) in [6.07, 6.45) is 0. The SMILES string of the molecule is c1ccc2nc(CNCc3ccc4ccccc4n3)ccc2c1. The van der Waals surface area contributed by atoms with Crippen LogP contribution in [0.25, 0.3) is 21.8 Å². The van der Waals surface area contributed by atoms with Gasteiger partial charge in [0, 0.05) is 23.9 Å². The smallest absolute Gasteiger partial charge is 0.0705 e. The average molecular weight is 299 g/mol. The number of pyridine rings is 2. The number of aromatic nitrogens is 2.